The molecule has 0 aliphatic carbocycles. The monoisotopic (exact) mass is 427 g/mol. The van der Waals surface area contributed by atoms with Crippen molar-refractivity contribution in [2.24, 2.45) is 0 Å². The Morgan fingerprint density at radius 2 is 1.68 bits per heavy atom. The third kappa shape index (κ3) is 7.77. The third-order valence-corrected chi connectivity index (χ3v) is 4.39. The van der Waals surface area contributed by atoms with Crippen molar-refractivity contribution in [1.29, 1.82) is 0 Å². The van der Waals surface area contributed by atoms with E-state index in [-0.39, 0.29) is 6.42 Å². The second kappa shape index (κ2) is 11.2. The van der Waals surface area contributed by atoms with Gasteiger partial charge in [-0.1, -0.05) is 48.5 Å². The Balaban J connectivity index is 2.17. The summed E-state index contributed by atoms with van der Waals surface area (Å²) < 4.78 is 16.0. The lowest BCUT2D eigenvalue weighted by molar-refractivity contribution is -0.143. The minimum atomic E-state index is -1.06. The fourth-order valence-corrected chi connectivity index (χ4v) is 2.97. The molecule has 31 heavy (non-hydrogen) atoms. The fraction of sp³-hybridized carbons (Fsp3) is 0.375. The van der Waals surface area contributed by atoms with E-state index in [1.807, 2.05) is 36.4 Å². The molecule has 2 rings (SSSR count). The van der Waals surface area contributed by atoms with Crippen LogP contribution in [0, 0.1) is 0 Å². The first-order valence-electron chi connectivity index (χ1n) is 10.0. The molecule has 0 fully saturated rings. The SMILES string of the molecule is COC(=O)C(CC(C=O)c1ccccc1OCc1ccccc1)NC(=O)OC(C)(C)C. The number of nitrogens with one attached hydrogen (secondary N) is 1. The largest absolute Gasteiger partial charge is 0.489 e. The van der Waals surface area contributed by atoms with E-state index in [0.717, 1.165) is 11.8 Å². The first kappa shape index (κ1) is 23.9. The molecule has 2 unspecified atom stereocenters. The molecule has 0 saturated carbocycles. The van der Waals surface area contributed by atoms with E-state index in [1.165, 1.54) is 7.11 Å². The number of esters is 1. The second-order valence-electron chi connectivity index (χ2n) is 8.01. The molecule has 0 saturated heterocycles. The summed E-state index contributed by atoms with van der Waals surface area (Å²) in [5, 5.41) is 2.50. The number of benzene rings is 2. The van der Waals surface area contributed by atoms with Gasteiger partial charge in [-0.3, -0.25) is 0 Å². The number of carbonyl (C=O) groups is 3. The highest BCUT2D eigenvalue weighted by atomic mass is 16.6. The highest BCUT2D eigenvalue weighted by Gasteiger charge is 2.29. The Morgan fingerprint density at radius 3 is 2.29 bits per heavy atom. The van der Waals surface area contributed by atoms with Gasteiger partial charge in [-0.15, -0.1) is 0 Å². The highest BCUT2D eigenvalue weighted by molar-refractivity contribution is 5.82. The van der Waals surface area contributed by atoms with Crippen LogP contribution in [0.25, 0.3) is 0 Å². The zero-order chi connectivity index (χ0) is 22.9. The quantitative estimate of drug-likeness (QED) is 0.480. The Labute approximate surface area is 182 Å². The summed E-state index contributed by atoms with van der Waals surface area (Å²) in [6.45, 7) is 5.48. The van der Waals surface area contributed by atoms with Crippen molar-refractivity contribution in [2.75, 3.05) is 7.11 Å². The third-order valence-electron chi connectivity index (χ3n) is 4.39. The summed E-state index contributed by atoms with van der Waals surface area (Å²) in [5.74, 6) is -0.837. The Kier molecular flexibility index (Phi) is 8.61. The number of alkyl carbamates (subject to hydrolysis) is 1. The van der Waals surface area contributed by atoms with Crippen molar-refractivity contribution < 1.29 is 28.6 Å². The van der Waals surface area contributed by atoms with Crippen molar-refractivity contribution in [3.63, 3.8) is 0 Å². The molecule has 7 heteroatoms. The van der Waals surface area contributed by atoms with Crippen LogP contribution in [0.3, 0.4) is 0 Å². The van der Waals surface area contributed by atoms with E-state index in [0.29, 0.717) is 17.9 Å². The first-order chi connectivity index (χ1) is 14.7. The molecule has 2 atom stereocenters. The number of rotatable bonds is 9. The van der Waals surface area contributed by atoms with Crippen molar-refractivity contribution in [2.45, 2.75) is 51.4 Å². The van der Waals surface area contributed by atoms with E-state index in [4.69, 9.17) is 14.2 Å². The standard InChI is InChI=1S/C24H29NO6/c1-24(2,3)31-23(28)25-20(22(27)29-4)14-18(15-26)19-12-8-9-13-21(19)30-16-17-10-6-5-7-11-17/h5-13,15,18,20H,14,16H2,1-4H3,(H,25,28). The molecule has 0 radical (unpaired) electrons. The van der Waals surface area contributed by atoms with Gasteiger partial charge >= 0.3 is 12.1 Å². The van der Waals surface area contributed by atoms with Crippen LogP contribution in [0.4, 0.5) is 4.79 Å². The lowest BCUT2D eigenvalue weighted by atomic mass is 9.92. The molecular weight excluding hydrogens is 398 g/mol. The molecule has 166 valence electrons. The summed E-state index contributed by atoms with van der Waals surface area (Å²) >= 11 is 0. The molecule has 2 aromatic carbocycles. The minimum Gasteiger partial charge on any atom is -0.489 e. The average molecular weight is 427 g/mol. The normalized spacial score (nSPS) is 12.9. The number of hydrogen-bond donors (Lipinski definition) is 1. The zero-order valence-electron chi connectivity index (χ0n) is 18.3. The van der Waals surface area contributed by atoms with Crippen LogP contribution in [0.5, 0.6) is 5.75 Å². The smallest absolute Gasteiger partial charge is 0.408 e. The van der Waals surface area contributed by atoms with Gasteiger partial charge < -0.3 is 24.3 Å². The number of amides is 1. The van der Waals surface area contributed by atoms with E-state index < -0.39 is 29.6 Å². The molecule has 0 heterocycles. The number of carbonyl (C=O) groups excluding carboxylic acids is 3. The van der Waals surface area contributed by atoms with Gasteiger partial charge in [0.15, 0.2) is 0 Å². The van der Waals surface area contributed by atoms with Crippen molar-refractivity contribution in [3.05, 3.63) is 65.7 Å². The zero-order valence-corrected chi connectivity index (χ0v) is 18.3. The molecule has 2 aromatic rings. The molecule has 0 aromatic heterocycles. The van der Waals surface area contributed by atoms with E-state index in [9.17, 15) is 14.4 Å². The number of para-hydroxylation sites is 1. The van der Waals surface area contributed by atoms with Crippen molar-refractivity contribution in [1.82, 2.24) is 5.32 Å². The fourth-order valence-electron chi connectivity index (χ4n) is 2.97. The maximum Gasteiger partial charge on any atom is 0.408 e. The highest BCUT2D eigenvalue weighted by Crippen LogP contribution is 2.29. The molecule has 0 aliphatic heterocycles. The van der Waals surface area contributed by atoms with Gasteiger partial charge in [-0.05, 0) is 38.8 Å². The molecule has 1 amide bonds. The van der Waals surface area contributed by atoms with Crippen LogP contribution in [-0.4, -0.2) is 37.1 Å². The Morgan fingerprint density at radius 1 is 1.03 bits per heavy atom. The van der Waals surface area contributed by atoms with Gasteiger partial charge in [0.2, 0.25) is 0 Å². The van der Waals surface area contributed by atoms with Gasteiger partial charge in [0.1, 0.15) is 30.3 Å². The van der Waals surface area contributed by atoms with E-state index >= 15 is 0 Å². The van der Waals surface area contributed by atoms with E-state index in [1.54, 1.807) is 39.0 Å². The van der Waals surface area contributed by atoms with Crippen molar-refractivity contribution in [3.8, 4) is 5.75 Å². The van der Waals surface area contributed by atoms with Crippen LogP contribution in [0.2, 0.25) is 0 Å². The van der Waals surface area contributed by atoms with Gasteiger partial charge in [0, 0.05) is 11.5 Å². The van der Waals surface area contributed by atoms with Gasteiger partial charge in [0.05, 0.1) is 7.11 Å². The number of aldehydes is 1. The second-order valence-corrected chi connectivity index (χ2v) is 8.01. The van der Waals surface area contributed by atoms with Crippen LogP contribution in [0.1, 0.15) is 44.2 Å². The summed E-state index contributed by atoms with van der Waals surface area (Å²) in [6.07, 6.45) is -0.0281. The first-order valence-corrected chi connectivity index (χ1v) is 10.0. The topological polar surface area (TPSA) is 90.9 Å². The lowest BCUT2D eigenvalue weighted by Gasteiger charge is -2.24. The summed E-state index contributed by atoms with van der Waals surface area (Å²) in [6, 6.07) is 15.7. The number of hydrogen-bond acceptors (Lipinski definition) is 6. The molecule has 0 bridgehead atoms. The van der Waals surface area contributed by atoms with Crippen LogP contribution in [0.15, 0.2) is 54.6 Å². The van der Waals surface area contributed by atoms with Crippen LogP contribution >= 0.6 is 0 Å². The maximum atomic E-state index is 12.3. The van der Waals surface area contributed by atoms with Crippen LogP contribution in [-0.2, 0) is 25.7 Å². The summed E-state index contributed by atoms with van der Waals surface area (Å²) in [5.41, 5.74) is 0.875. The van der Waals surface area contributed by atoms with Gasteiger partial charge in [-0.25, -0.2) is 9.59 Å². The molecular formula is C24H29NO6. The van der Waals surface area contributed by atoms with Crippen molar-refractivity contribution >= 4 is 18.3 Å². The molecule has 0 aliphatic rings. The number of ether oxygens (including phenoxy) is 3. The Hall–Kier alpha value is -3.35. The average Bonchev–Trinajstić information content (AvgIpc) is 2.74. The molecule has 0 spiro atoms. The van der Waals surface area contributed by atoms with Gasteiger partial charge in [0.25, 0.3) is 0 Å². The predicted octanol–water partition coefficient (Wildman–Crippen LogP) is 4.00. The van der Waals surface area contributed by atoms with Gasteiger partial charge in [-0.2, -0.15) is 0 Å². The molecule has 1 N–H and O–H groups in total. The summed E-state index contributed by atoms with van der Waals surface area (Å²) in [7, 11) is 1.22. The predicted molar refractivity (Wildman–Crippen MR) is 116 cm³/mol. The Bertz CT molecular complexity index is 875. The number of methoxy groups -OCH3 is 1. The summed E-state index contributed by atoms with van der Waals surface area (Å²) in [4.78, 5) is 36.4. The van der Waals surface area contributed by atoms with Crippen LogP contribution < -0.4 is 10.1 Å². The molecule has 7 nitrogen and oxygen atoms in total. The lowest BCUT2D eigenvalue weighted by Crippen LogP contribution is -2.44. The minimum absolute atomic E-state index is 0.00112. The maximum absolute atomic E-state index is 12.3. The van der Waals surface area contributed by atoms with E-state index in [2.05, 4.69) is 5.32 Å².